The van der Waals surface area contributed by atoms with Gasteiger partial charge in [-0.25, -0.2) is 13.4 Å². The van der Waals surface area contributed by atoms with Gasteiger partial charge in [0.15, 0.2) is 21.5 Å². The number of oxazole rings is 1. The summed E-state index contributed by atoms with van der Waals surface area (Å²) in [5.41, 5.74) is 1.83. The monoisotopic (exact) mass is 529 g/mol. The summed E-state index contributed by atoms with van der Waals surface area (Å²) < 4.78 is 37.4. The molecule has 2 heterocycles. The molecule has 0 bridgehead atoms. The molecule has 1 aromatic heterocycles. The molecule has 0 radical (unpaired) electrons. The number of hydrogen-bond acceptors (Lipinski definition) is 8. The fourth-order valence-electron chi connectivity index (χ4n) is 4.58. The van der Waals surface area contributed by atoms with Crippen molar-refractivity contribution in [1.29, 1.82) is 0 Å². The highest BCUT2D eigenvalue weighted by Crippen LogP contribution is 2.24. The Morgan fingerprint density at radius 2 is 1.81 bits per heavy atom. The Morgan fingerprint density at radius 1 is 1.11 bits per heavy atom. The molecule has 1 aliphatic heterocycles. The van der Waals surface area contributed by atoms with Crippen LogP contribution in [0.15, 0.2) is 59.0 Å². The molecule has 10 heteroatoms. The summed E-state index contributed by atoms with van der Waals surface area (Å²) in [6.07, 6.45) is 1.35. The fraction of sp³-hybridized carbons (Fsp3) is 0.481. The van der Waals surface area contributed by atoms with E-state index in [-0.39, 0.29) is 23.4 Å². The summed E-state index contributed by atoms with van der Waals surface area (Å²) >= 11 is 0. The quantitative estimate of drug-likeness (QED) is 0.327. The van der Waals surface area contributed by atoms with E-state index >= 15 is 0 Å². The molecule has 0 aliphatic carbocycles. The molecule has 1 amide bonds. The van der Waals surface area contributed by atoms with Crippen molar-refractivity contribution in [3.63, 3.8) is 0 Å². The van der Waals surface area contributed by atoms with Gasteiger partial charge in [0, 0.05) is 19.3 Å². The molecule has 3 aromatic rings. The van der Waals surface area contributed by atoms with Crippen LogP contribution in [0, 0.1) is 0 Å². The van der Waals surface area contributed by atoms with E-state index < -0.39 is 33.9 Å². The maximum Gasteiger partial charge on any atom is 0.238 e. The molecule has 1 aliphatic rings. The highest BCUT2D eigenvalue weighted by molar-refractivity contribution is 7.90. The number of amides is 1. The number of fused-ring (bicyclic) bond motifs is 1. The number of ether oxygens (including phenoxy) is 1. The Kier molecular flexibility index (Phi) is 9.31. The van der Waals surface area contributed by atoms with Gasteiger partial charge in [-0.3, -0.25) is 4.79 Å². The van der Waals surface area contributed by atoms with E-state index in [4.69, 9.17) is 9.15 Å². The van der Waals surface area contributed by atoms with Gasteiger partial charge in [-0.2, -0.15) is 0 Å². The highest BCUT2D eigenvalue weighted by atomic mass is 32.2. The lowest BCUT2D eigenvalue weighted by molar-refractivity contribution is -0.124. The first-order valence-corrected chi connectivity index (χ1v) is 14.6. The Labute approximate surface area is 217 Å². The third-order valence-electron chi connectivity index (χ3n) is 6.50. The summed E-state index contributed by atoms with van der Waals surface area (Å²) in [6.45, 7) is 3.05. The van der Waals surface area contributed by atoms with Crippen molar-refractivity contribution in [2.75, 3.05) is 19.0 Å². The maximum absolute atomic E-state index is 13.5. The minimum Gasteiger partial charge on any atom is -0.438 e. The van der Waals surface area contributed by atoms with Crippen molar-refractivity contribution < 1.29 is 27.5 Å². The molecule has 2 unspecified atom stereocenters. The first-order valence-electron chi connectivity index (χ1n) is 12.8. The molecule has 9 nitrogen and oxygen atoms in total. The zero-order valence-electron chi connectivity index (χ0n) is 21.0. The van der Waals surface area contributed by atoms with Crippen LogP contribution in [0.3, 0.4) is 0 Å². The average Bonchev–Trinajstić information content (AvgIpc) is 3.33. The minimum atomic E-state index is -3.62. The summed E-state index contributed by atoms with van der Waals surface area (Å²) in [5, 5.41) is 17.2. The number of aromatic nitrogens is 1. The third-order valence-corrected chi connectivity index (χ3v) is 8.11. The van der Waals surface area contributed by atoms with Crippen molar-refractivity contribution in [2.24, 2.45) is 0 Å². The van der Waals surface area contributed by atoms with E-state index in [0.29, 0.717) is 55.6 Å². The van der Waals surface area contributed by atoms with Gasteiger partial charge < -0.3 is 24.9 Å². The third kappa shape index (κ3) is 7.61. The SMILES string of the molecule is CCC[C@H](NC(=O)C(CS(=O)(=O)Cc1ccccc1)NC1CCOCC1)C(O)c1nc2ccccc2o1. The van der Waals surface area contributed by atoms with Gasteiger partial charge in [0.05, 0.1) is 17.5 Å². The number of hydrogen-bond donors (Lipinski definition) is 3. The van der Waals surface area contributed by atoms with Crippen LogP contribution in [-0.2, 0) is 25.1 Å². The second-order valence-corrected chi connectivity index (χ2v) is 11.6. The molecule has 1 saturated heterocycles. The molecule has 0 spiro atoms. The van der Waals surface area contributed by atoms with Gasteiger partial charge in [-0.1, -0.05) is 55.8 Å². The number of aliphatic hydroxyl groups excluding tert-OH is 1. The molecule has 3 N–H and O–H groups in total. The summed E-state index contributed by atoms with van der Waals surface area (Å²) in [4.78, 5) is 17.9. The standard InChI is InChI=1S/C27H35N3O6S/c1-2-8-22(25(31)27-30-21-11-6-7-12-24(21)36-27)29-26(32)23(28-20-13-15-35-16-14-20)18-37(33,34)17-19-9-4-3-5-10-19/h3-7,9-12,20,22-23,25,28,31H,2,8,13-18H2,1H3,(H,29,32)/t22-,23?,25?/m0/s1. The normalized spacial score (nSPS) is 17.4. The van der Waals surface area contributed by atoms with E-state index in [2.05, 4.69) is 15.6 Å². The summed E-state index contributed by atoms with van der Waals surface area (Å²) in [7, 11) is -3.62. The van der Waals surface area contributed by atoms with Crippen LogP contribution in [0.4, 0.5) is 0 Å². The molecular weight excluding hydrogens is 494 g/mol. The van der Waals surface area contributed by atoms with Crippen molar-refractivity contribution >= 4 is 26.8 Å². The van der Waals surface area contributed by atoms with Gasteiger partial charge >= 0.3 is 0 Å². The van der Waals surface area contributed by atoms with Crippen LogP contribution < -0.4 is 10.6 Å². The highest BCUT2D eigenvalue weighted by Gasteiger charge is 2.33. The Morgan fingerprint density at radius 3 is 2.51 bits per heavy atom. The van der Waals surface area contributed by atoms with Gasteiger partial charge in [0.2, 0.25) is 11.8 Å². The number of sulfone groups is 1. The first kappa shape index (κ1) is 27.3. The second-order valence-electron chi connectivity index (χ2n) is 9.51. The number of nitrogens with zero attached hydrogens (tertiary/aromatic N) is 1. The van der Waals surface area contributed by atoms with Crippen LogP contribution in [0.25, 0.3) is 11.1 Å². The van der Waals surface area contributed by atoms with Crippen LogP contribution in [-0.4, -0.2) is 61.5 Å². The number of aliphatic hydroxyl groups is 1. The lowest BCUT2D eigenvalue weighted by Crippen LogP contribution is -2.55. The van der Waals surface area contributed by atoms with E-state index in [1.807, 2.05) is 25.1 Å². The maximum atomic E-state index is 13.5. The number of carbonyl (C=O) groups excluding carboxylic acids is 1. The summed E-state index contributed by atoms with van der Waals surface area (Å²) in [5.74, 6) is -0.873. The zero-order chi connectivity index (χ0) is 26.3. The van der Waals surface area contributed by atoms with Crippen molar-refractivity contribution in [3.05, 3.63) is 66.1 Å². The Bertz CT molecular complexity index is 1220. The predicted octanol–water partition coefficient (Wildman–Crippen LogP) is 2.90. The molecule has 3 atom stereocenters. The van der Waals surface area contributed by atoms with E-state index in [0.717, 1.165) is 0 Å². The molecule has 37 heavy (non-hydrogen) atoms. The second kappa shape index (κ2) is 12.6. The van der Waals surface area contributed by atoms with Gasteiger partial charge in [-0.05, 0) is 37.0 Å². The van der Waals surface area contributed by atoms with Gasteiger partial charge in [-0.15, -0.1) is 0 Å². The minimum absolute atomic E-state index is 0.0389. The number of benzene rings is 2. The largest absolute Gasteiger partial charge is 0.438 e. The number of para-hydroxylation sites is 2. The van der Waals surface area contributed by atoms with Gasteiger partial charge in [0.1, 0.15) is 11.6 Å². The van der Waals surface area contributed by atoms with Crippen molar-refractivity contribution in [1.82, 2.24) is 15.6 Å². The van der Waals surface area contributed by atoms with Crippen LogP contribution in [0.1, 0.15) is 50.2 Å². The fourth-order valence-corrected chi connectivity index (χ4v) is 6.15. The van der Waals surface area contributed by atoms with E-state index in [9.17, 15) is 18.3 Å². The lowest BCUT2D eigenvalue weighted by Gasteiger charge is -2.30. The lowest BCUT2D eigenvalue weighted by atomic mass is 10.0. The molecule has 4 rings (SSSR count). The Balaban J connectivity index is 1.51. The molecule has 200 valence electrons. The van der Waals surface area contributed by atoms with Gasteiger partial charge in [0.25, 0.3) is 0 Å². The van der Waals surface area contributed by atoms with Crippen molar-refractivity contribution in [2.45, 2.75) is 62.6 Å². The average molecular weight is 530 g/mol. The number of nitrogens with one attached hydrogen (secondary N) is 2. The number of carbonyl (C=O) groups is 1. The topological polar surface area (TPSA) is 131 Å². The smallest absolute Gasteiger partial charge is 0.238 e. The number of rotatable bonds is 12. The van der Waals surface area contributed by atoms with Crippen molar-refractivity contribution in [3.8, 4) is 0 Å². The Hall–Kier alpha value is -2.79. The van der Waals surface area contributed by atoms with Crippen LogP contribution >= 0.6 is 0 Å². The molecular formula is C27H35N3O6S. The van der Waals surface area contributed by atoms with E-state index in [1.54, 1.807) is 36.4 Å². The molecule has 1 fully saturated rings. The summed E-state index contributed by atoms with van der Waals surface area (Å²) in [6, 6.07) is 14.4. The van der Waals surface area contributed by atoms with Crippen LogP contribution in [0.2, 0.25) is 0 Å². The molecule has 0 saturated carbocycles. The predicted molar refractivity (Wildman–Crippen MR) is 141 cm³/mol. The molecule has 2 aromatic carbocycles. The van der Waals surface area contributed by atoms with E-state index in [1.165, 1.54) is 0 Å². The zero-order valence-corrected chi connectivity index (χ0v) is 21.8. The van der Waals surface area contributed by atoms with Crippen LogP contribution in [0.5, 0.6) is 0 Å². The first-order chi connectivity index (χ1) is 17.8.